The molecule has 16 heavy (non-hydrogen) atoms. The normalized spacial score (nSPS) is 25.1. The van der Waals surface area contributed by atoms with E-state index in [1.165, 1.54) is 0 Å². The number of amides is 3. The van der Waals surface area contributed by atoms with E-state index in [1.54, 1.807) is 0 Å². The molecule has 1 heterocycles. The van der Waals surface area contributed by atoms with Crippen LogP contribution in [-0.4, -0.2) is 41.5 Å². The lowest BCUT2D eigenvalue weighted by molar-refractivity contribution is -0.129. The predicted octanol–water partition coefficient (Wildman–Crippen LogP) is 0.457. The van der Waals surface area contributed by atoms with E-state index < -0.39 is 0 Å². The van der Waals surface area contributed by atoms with Crippen LogP contribution in [0.25, 0.3) is 0 Å². The SMILES string of the molecule is CC(C)N1CC(NC(=O)NC2CC2)CC1=O. The van der Waals surface area contributed by atoms with Gasteiger partial charge in [0.1, 0.15) is 0 Å². The minimum atomic E-state index is -0.133. The Hall–Kier alpha value is -1.26. The molecule has 1 aliphatic heterocycles. The lowest BCUT2D eigenvalue weighted by atomic mass is 10.2. The lowest BCUT2D eigenvalue weighted by Gasteiger charge is -2.21. The van der Waals surface area contributed by atoms with Gasteiger partial charge in [-0.25, -0.2) is 4.79 Å². The topological polar surface area (TPSA) is 61.4 Å². The van der Waals surface area contributed by atoms with Gasteiger partial charge in [-0.2, -0.15) is 0 Å². The molecule has 0 aromatic heterocycles. The summed E-state index contributed by atoms with van der Waals surface area (Å²) in [6.07, 6.45) is 2.58. The molecule has 1 saturated carbocycles. The molecule has 3 amide bonds. The standard InChI is InChI=1S/C11H19N3O2/c1-7(2)14-6-9(5-10(14)15)13-11(16)12-8-3-4-8/h7-9H,3-6H2,1-2H3,(H2,12,13,16). The first-order valence-corrected chi connectivity index (χ1v) is 5.92. The van der Waals surface area contributed by atoms with Gasteiger partial charge in [0, 0.05) is 25.0 Å². The van der Waals surface area contributed by atoms with Gasteiger partial charge in [-0.05, 0) is 26.7 Å². The van der Waals surface area contributed by atoms with Gasteiger partial charge >= 0.3 is 6.03 Å². The van der Waals surface area contributed by atoms with Crippen molar-refractivity contribution in [2.45, 2.75) is 51.2 Å². The molecular formula is C11H19N3O2. The first-order valence-electron chi connectivity index (χ1n) is 5.92. The molecule has 0 aromatic carbocycles. The molecule has 0 spiro atoms. The number of hydrogen-bond donors (Lipinski definition) is 2. The summed E-state index contributed by atoms with van der Waals surface area (Å²) in [5, 5.41) is 5.71. The Morgan fingerprint density at radius 3 is 2.44 bits per heavy atom. The van der Waals surface area contributed by atoms with Gasteiger partial charge in [0.2, 0.25) is 5.91 Å². The second kappa shape index (κ2) is 4.31. The molecule has 2 fully saturated rings. The van der Waals surface area contributed by atoms with Crippen LogP contribution in [0.5, 0.6) is 0 Å². The van der Waals surface area contributed by atoms with E-state index in [4.69, 9.17) is 0 Å². The highest BCUT2D eigenvalue weighted by Crippen LogP contribution is 2.19. The van der Waals surface area contributed by atoms with E-state index in [0.29, 0.717) is 19.0 Å². The van der Waals surface area contributed by atoms with E-state index >= 15 is 0 Å². The minimum absolute atomic E-state index is 0.0337. The molecule has 5 nitrogen and oxygen atoms in total. The highest BCUT2D eigenvalue weighted by molar-refractivity contribution is 5.82. The molecule has 0 bridgehead atoms. The largest absolute Gasteiger partial charge is 0.338 e. The Balaban J connectivity index is 1.78. The van der Waals surface area contributed by atoms with Crippen LogP contribution in [0, 0.1) is 0 Å². The molecule has 1 aliphatic carbocycles. The predicted molar refractivity (Wildman–Crippen MR) is 59.9 cm³/mol. The zero-order chi connectivity index (χ0) is 11.7. The van der Waals surface area contributed by atoms with Crippen LogP contribution in [-0.2, 0) is 4.79 Å². The fourth-order valence-corrected chi connectivity index (χ4v) is 1.97. The third-order valence-electron chi connectivity index (χ3n) is 3.03. The van der Waals surface area contributed by atoms with E-state index in [2.05, 4.69) is 10.6 Å². The van der Waals surface area contributed by atoms with Gasteiger partial charge in [0.05, 0.1) is 6.04 Å². The van der Waals surface area contributed by atoms with Crippen LogP contribution in [0.3, 0.4) is 0 Å². The molecule has 5 heteroatoms. The number of rotatable bonds is 3. The minimum Gasteiger partial charge on any atom is -0.338 e. The third-order valence-corrected chi connectivity index (χ3v) is 3.03. The van der Waals surface area contributed by atoms with Crippen molar-refractivity contribution in [3.8, 4) is 0 Å². The maximum Gasteiger partial charge on any atom is 0.315 e. The van der Waals surface area contributed by atoms with Crippen LogP contribution in [0.2, 0.25) is 0 Å². The molecule has 2 N–H and O–H groups in total. The molecule has 2 aliphatic rings. The molecule has 0 aromatic rings. The second-order valence-electron chi connectivity index (χ2n) is 4.93. The van der Waals surface area contributed by atoms with E-state index in [-0.39, 0.29) is 24.0 Å². The van der Waals surface area contributed by atoms with Crippen molar-refractivity contribution in [3.63, 3.8) is 0 Å². The molecule has 2 rings (SSSR count). The number of likely N-dealkylation sites (tertiary alicyclic amines) is 1. The fraction of sp³-hybridized carbons (Fsp3) is 0.818. The number of urea groups is 1. The summed E-state index contributed by atoms with van der Waals surface area (Å²) in [4.78, 5) is 24.9. The average molecular weight is 225 g/mol. The van der Waals surface area contributed by atoms with Crippen LogP contribution in [0.4, 0.5) is 4.79 Å². The van der Waals surface area contributed by atoms with Gasteiger partial charge < -0.3 is 15.5 Å². The van der Waals surface area contributed by atoms with Crippen molar-refractivity contribution < 1.29 is 9.59 Å². The lowest BCUT2D eigenvalue weighted by Crippen LogP contribution is -2.44. The molecule has 1 saturated heterocycles. The quantitative estimate of drug-likeness (QED) is 0.733. The van der Waals surface area contributed by atoms with Crippen LogP contribution < -0.4 is 10.6 Å². The van der Waals surface area contributed by atoms with Crippen molar-refractivity contribution >= 4 is 11.9 Å². The summed E-state index contributed by atoms with van der Waals surface area (Å²) >= 11 is 0. The summed E-state index contributed by atoms with van der Waals surface area (Å²) in [6.45, 7) is 4.61. The monoisotopic (exact) mass is 225 g/mol. The highest BCUT2D eigenvalue weighted by atomic mass is 16.2. The van der Waals surface area contributed by atoms with Gasteiger partial charge in [0.15, 0.2) is 0 Å². The number of carbonyl (C=O) groups excluding carboxylic acids is 2. The van der Waals surface area contributed by atoms with Crippen molar-refractivity contribution in [1.29, 1.82) is 0 Å². The zero-order valence-corrected chi connectivity index (χ0v) is 9.82. The summed E-state index contributed by atoms with van der Waals surface area (Å²) in [6, 6.07) is 0.406. The Kier molecular flexibility index (Phi) is 3.03. The Bertz CT molecular complexity index is 300. The smallest absolute Gasteiger partial charge is 0.315 e. The molecule has 1 atom stereocenters. The van der Waals surface area contributed by atoms with Crippen LogP contribution in [0.1, 0.15) is 33.1 Å². The Morgan fingerprint density at radius 1 is 1.31 bits per heavy atom. The molecule has 90 valence electrons. The van der Waals surface area contributed by atoms with E-state index in [0.717, 1.165) is 12.8 Å². The number of nitrogens with zero attached hydrogens (tertiary/aromatic N) is 1. The maximum absolute atomic E-state index is 11.6. The summed E-state index contributed by atoms with van der Waals surface area (Å²) in [7, 11) is 0. The van der Waals surface area contributed by atoms with E-state index in [9.17, 15) is 9.59 Å². The number of hydrogen-bond acceptors (Lipinski definition) is 2. The average Bonchev–Trinajstić information content (AvgIpc) is 2.89. The number of nitrogens with one attached hydrogen (secondary N) is 2. The molecular weight excluding hydrogens is 206 g/mol. The van der Waals surface area contributed by atoms with Gasteiger partial charge in [-0.15, -0.1) is 0 Å². The van der Waals surface area contributed by atoms with Crippen molar-refractivity contribution in [2.75, 3.05) is 6.54 Å². The fourth-order valence-electron chi connectivity index (χ4n) is 1.97. The molecule has 1 unspecified atom stereocenters. The van der Waals surface area contributed by atoms with Gasteiger partial charge in [0.25, 0.3) is 0 Å². The summed E-state index contributed by atoms with van der Waals surface area (Å²) in [5.41, 5.74) is 0. The second-order valence-corrected chi connectivity index (χ2v) is 4.93. The van der Waals surface area contributed by atoms with Crippen molar-refractivity contribution in [2.24, 2.45) is 0 Å². The summed E-state index contributed by atoms with van der Waals surface area (Å²) in [5.74, 6) is 0.131. The van der Waals surface area contributed by atoms with Crippen molar-refractivity contribution in [3.05, 3.63) is 0 Å². The highest BCUT2D eigenvalue weighted by Gasteiger charge is 2.32. The first-order chi connectivity index (χ1) is 7.56. The Labute approximate surface area is 95.6 Å². The van der Waals surface area contributed by atoms with Crippen LogP contribution >= 0.6 is 0 Å². The van der Waals surface area contributed by atoms with Crippen molar-refractivity contribution in [1.82, 2.24) is 15.5 Å². The van der Waals surface area contributed by atoms with Crippen LogP contribution in [0.15, 0.2) is 0 Å². The van der Waals surface area contributed by atoms with Gasteiger partial charge in [-0.1, -0.05) is 0 Å². The zero-order valence-electron chi connectivity index (χ0n) is 9.82. The first kappa shape index (κ1) is 11.2. The maximum atomic E-state index is 11.6. The molecule has 0 radical (unpaired) electrons. The Morgan fingerprint density at radius 2 is 1.94 bits per heavy atom. The number of carbonyl (C=O) groups is 2. The van der Waals surface area contributed by atoms with E-state index in [1.807, 2.05) is 18.7 Å². The third kappa shape index (κ3) is 2.65. The summed E-state index contributed by atoms with van der Waals surface area (Å²) < 4.78 is 0. The van der Waals surface area contributed by atoms with Gasteiger partial charge in [-0.3, -0.25) is 4.79 Å².